The number of carbonyl (C=O) groups excluding carboxylic acids is 1. The molecule has 0 spiro atoms. The Morgan fingerprint density at radius 1 is 1.32 bits per heavy atom. The smallest absolute Gasteiger partial charge is 0.409 e. The van der Waals surface area contributed by atoms with Gasteiger partial charge >= 0.3 is 6.09 Å². The molecule has 2 atom stereocenters. The standard InChI is InChI=1S/C15H20BrNO2/c1-10-7-8-14(13(16)9-10)19-15(18)17-11(2)5-4-6-12(17)3/h7-9,11-12H,4-6H2,1-3H3. The van der Waals surface area contributed by atoms with Gasteiger partial charge in [-0.3, -0.25) is 0 Å². The molecule has 19 heavy (non-hydrogen) atoms. The van der Waals surface area contributed by atoms with Gasteiger partial charge in [-0.15, -0.1) is 0 Å². The summed E-state index contributed by atoms with van der Waals surface area (Å²) in [6.07, 6.45) is 3.04. The van der Waals surface area contributed by atoms with Crippen molar-refractivity contribution in [2.75, 3.05) is 0 Å². The van der Waals surface area contributed by atoms with Crippen molar-refractivity contribution in [2.24, 2.45) is 0 Å². The molecule has 3 nitrogen and oxygen atoms in total. The van der Waals surface area contributed by atoms with E-state index in [1.54, 1.807) is 0 Å². The van der Waals surface area contributed by atoms with Crippen LogP contribution in [0.25, 0.3) is 0 Å². The second-order valence-corrected chi connectivity index (χ2v) is 6.19. The number of benzene rings is 1. The lowest BCUT2D eigenvalue weighted by atomic mass is 9.98. The van der Waals surface area contributed by atoms with E-state index in [9.17, 15) is 4.79 Å². The summed E-state index contributed by atoms with van der Waals surface area (Å²) in [5.41, 5.74) is 1.13. The zero-order chi connectivity index (χ0) is 14.0. The molecule has 0 aromatic heterocycles. The monoisotopic (exact) mass is 325 g/mol. The van der Waals surface area contributed by atoms with Gasteiger partial charge in [-0.2, -0.15) is 0 Å². The Balaban J connectivity index is 2.11. The van der Waals surface area contributed by atoms with Crippen LogP contribution in [0.2, 0.25) is 0 Å². The zero-order valence-corrected chi connectivity index (χ0v) is 13.2. The molecule has 1 amide bonds. The minimum Gasteiger partial charge on any atom is -0.409 e. The lowest BCUT2D eigenvalue weighted by Crippen LogP contribution is -2.48. The highest BCUT2D eigenvalue weighted by atomic mass is 79.9. The number of halogens is 1. The number of hydrogen-bond acceptors (Lipinski definition) is 2. The summed E-state index contributed by atoms with van der Waals surface area (Å²) < 4.78 is 6.34. The third-order valence-electron chi connectivity index (χ3n) is 3.69. The number of aryl methyl sites for hydroxylation is 1. The van der Waals surface area contributed by atoms with Crippen molar-refractivity contribution >= 4 is 22.0 Å². The molecule has 1 heterocycles. The summed E-state index contributed by atoms with van der Waals surface area (Å²) in [4.78, 5) is 14.2. The second kappa shape index (κ2) is 5.95. The van der Waals surface area contributed by atoms with E-state index in [1.807, 2.05) is 30.0 Å². The Bertz CT molecular complexity index is 465. The van der Waals surface area contributed by atoms with Crippen LogP contribution in [0.1, 0.15) is 38.7 Å². The van der Waals surface area contributed by atoms with E-state index in [4.69, 9.17) is 4.74 Å². The van der Waals surface area contributed by atoms with Crippen molar-refractivity contribution in [1.82, 2.24) is 4.90 Å². The van der Waals surface area contributed by atoms with Crippen LogP contribution in [0.3, 0.4) is 0 Å². The Kier molecular flexibility index (Phi) is 4.50. The van der Waals surface area contributed by atoms with Crippen molar-refractivity contribution in [1.29, 1.82) is 0 Å². The Labute approximate surface area is 123 Å². The normalized spacial score (nSPS) is 23.3. The van der Waals surface area contributed by atoms with E-state index in [0.29, 0.717) is 5.75 Å². The summed E-state index contributed by atoms with van der Waals surface area (Å²) in [5, 5.41) is 0. The minimum absolute atomic E-state index is 0.246. The van der Waals surface area contributed by atoms with Crippen molar-refractivity contribution in [3.05, 3.63) is 28.2 Å². The van der Waals surface area contributed by atoms with Gasteiger partial charge in [0.1, 0.15) is 5.75 Å². The first-order chi connectivity index (χ1) is 8.99. The number of rotatable bonds is 1. The maximum atomic E-state index is 12.3. The van der Waals surface area contributed by atoms with Crippen molar-refractivity contribution < 1.29 is 9.53 Å². The number of nitrogens with zero attached hydrogens (tertiary/aromatic N) is 1. The number of likely N-dealkylation sites (tertiary alicyclic amines) is 1. The Morgan fingerprint density at radius 2 is 1.95 bits per heavy atom. The van der Waals surface area contributed by atoms with Crippen LogP contribution in [0.5, 0.6) is 5.75 Å². The molecule has 1 aromatic carbocycles. The van der Waals surface area contributed by atoms with Crippen molar-refractivity contribution in [2.45, 2.75) is 52.1 Å². The fourth-order valence-electron chi connectivity index (χ4n) is 2.62. The zero-order valence-electron chi connectivity index (χ0n) is 11.6. The molecule has 2 unspecified atom stereocenters. The highest BCUT2D eigenvalue weighted by Crippen LogP contribution is 2.28. The van der Waals surface area contributed by atoms with Crippen LogP contribution in [-0.4, -0.2) is 23.1 Å². The molecule has 104 valence electrons. The molecule has 0 saturated carbocycles. The van der Waals surface area contributed by atoms with E-state index in [1.165, 1.54) is 6.42 Å². The maximum absolute atomic E-state index is 12.3. The van der Waals surface area contributed by atoms with E-state index in [0.717, 1.165) is 22.9 Å². The van der Waals surface area contributed by atoms with Crippen LogP contribution < -0.4 is 4.74 Å². The molecule has 0 aliphatic carbocycles. The Morgan fingerprint density at radius 3 is 2.53 bits per heavy atom. The predicted molar refractivity (Wildman–Crippen MR) is 79.5 cm³/mol. The highest BCUT2D eigenvalue weighted by molar-refractivity contribution is 9.10. The largest absolute Gasteiger partial charge is 0.415 e. The fourth-order valence-corrected chi connectivity index (χ4v) is 3.19. The third-order valence-corrected chi connectivity index (χ3v) is 4.31. The molecule has 0 bridgehead atoms. The molecule has 1 aromatic rings. The summed E-state index contributed by atoms with van der Waals surface area (Å²) >= 11 is 3.43. The molecule has 0 N–H and O–H groups in total. The first-order valence-corrected chi connectivity index (χ1v) is 7.54. The second-order valence-electron chi connectivity index (χ2n) is 5.34. The van der Waals surface area contributed by atoms with Crippen LogP contribution in [0, 0.1) is 6.92 Å². The molecular formula is C15H20BrNO2. The van der Waals surface area contributed by atoms with E-state index >= 15 is 0 Å². The number of ether oxygens (including phenoxy) is 1. The van der Waals surface area contributed by atoms with Crippen molar-refractivity contribution in [3.63, 3.8) is 0 Å². The average molecular weight is 326 g/mol. The van der Waals surface area contributed by atoms with E-state index in [2.05, 4.69) is 29.8 Å². The molecule has 2 rings (SSSR count). The van der Waals surface area contributed by atoms with E-state index < -0.39 is 0 Å². The van der Waals surface area contributed by atoms with E-state index in [-0.39, 0.29) is 18.2 Å². The van der Waals surface area contributed by atoms with Gasteiger partial charge in [0.05, 0.1) is 4.47 Å². The lowest BCUT2D eigenvalue weighted by Gasteiger charge is -2.37. The first kappa shape index (κ1) is 14.4. The lowest BCUT2D eigenvalue weighted by molar-refractivity contribution is 0.0892. The van der Waals surface area contributed by atoms with Gasteiger partial charge in [0.25, 0.3) is 0 Å². The summed E-state index contributed by atoms with van der Waals surface area (Å²) in [5.74, 6) is 0.584. The minimum atomic E-state index is -0.246. The first-order valence-electron chi connectivity index (χ1n) is 6.75. The van der Waals surface area contributed by atoms with Gasteiger partial charge in [-0.05, 0) is 73.7 Å². The molecule has 0 radical (unpaired) electrons. The number of hydrogen-bond donors (Lipinski definition) is 0. The summed E-state index contributed by atoms with van der Waals surface area (Å²) in [7, 11) is 0. The number of amides is 1. The third kappa shape index (κ3) is 3.30. The summed E-state index contributed by atoms with van der Waals surface area (Å²) in [6.45, 7) is 6.17. The van der Waals surface area contributed by atoms with Gasteiger partial charge in [-0.1, -0.05) is 6.07 Å². The van der Waals surface area contributed by atoms with Gasteiger partial charge in [0.15, 0.2) is 0 Å². The molecule has 1 aliphatic rings. The fraction of sp³-hybridized carbons (Fsp3) is 0.533. The highest BCUT2D eigenvalue weighted by Gasteiger charge is 2.30. The van der Waals surface area contributed by atoms with Crippen LogP contribution in [0.15, 0.2) is 22.7 Å². The van der Waals surface area contributed by atoms with Gasteiger partial charge < -0.3 is 9.64 Å². The summed E-state index contributed by atoms with van der Waals surface area (Å²) in [6, 6.07) is 6.22. The number of carbonyl (C=O) groups is 1. The molecule has 1 saturated heterocycles. The molecule has 1 aliphatic heterocycles. The van der Waals surface area contributed by atoms with Gasteiger partial charge in [-0.25, -0.2) is 4.79 Å². The number of piperidine rings is 1. The average Bonchev–Trinajstić information content (AvgIpc) is 2.32. The van der Waals surface area contributed by atoms with Gasteiger partial charge in [0, 0.05) is 12.1 Å². The SMILES string of the molecule is Cc1ccc(OC(=O)N2C(C)CCCC2C)c(Br)c1. The van der Waals surface area contributed by atoms with Crippen LogP contribution in [0.4, 0.5) is 4.79 Å². The van der Waals surface area contributed by atoms with Gasteiger partial charge in [0.2, 0.25) is 0 Å². The van der Waals surface area contributed by atoms with Crippen molar-refractivity contribution in [3.8, 4) is 5.75 Å². The van der Waals surface area contributed by atoms with Crippen LogP contribution >= 0.6 is 15.9 Å². The topological polar surface area (TPSA) is 29.5 Å². The predicted octanol–water partition coefficient (Wildman–Crippen LogP) is 4.52. The quantitative estimate of drug-likeness (QED) is 0.759. The maximum Gasteiger partial charge on any atom is 0.415 e. The molecule has 1 fully saturated rings. The van der Waals surface area contributed by atoms with Crippen LogP contribution in [-0.2, 0) is 0 Å². The molecular weight excluding hydrogens is 306 g/mol. The Hall–Kier alpha value is -1.03. The molecule has 4 heteroatoms.